The van der Waals surface area contributed by atoms with Crippen molar-refractivity contribution in [2.24, 2.45) is 0 Å². The van der Waals surface area contributed by atoms with E-state index in [2.05, 4.69) is 21.3 Å². The lowest BCUT2D eigenvalue weighted by Crippen LogP contribution is -2.59. The van der Waals surface area contributed by atoms with Crippen LogP contribution in [-0.2, 0) is 32.0 Å². The molecule has 0 bridgehead atoms. The van der Waals surface area contributed by atoms with Crippen molar-refractivity contribution in [2.45, 2.75) is 62.9 Å². The first-order valence-electron chi connectivity index (χ1n) is 12.6. The van der Waals surface area contributed by atoms with Gasteiger partial charge in [0.1, 0.15) is 23.6 Å². The van der Waals surface area contributed by atoms with Gasteiger partial charge in [-0.15, -0.1) is 0 Å². The number of carbonyl (C=O) groups excluding carboxylic acids is 3. The molecule has 0 spiro atoms. The molecule has 1 heterocycles. The van der Waals surface area contributed by atoms with Crippen molar-refractivity contribution in [2.75, 3.05) is 6.54 Å². The first kappa shape index (κ1) is 29.4. The second-order valence-electron chi connectivity index (χ2n) is 9.58. The molecule has 5 unspecified atom stereocenters. The van der Waals surface area contributed by atoms with Gasteiger partial charge < -0.3 is 41.7 Å². The fourth-order valence-electron chi connectivity index (χ4n) is 4.25. The maximum absolute atomic E-state index is 13.5. The standard InChI is InChI=1S/C27H34N4O8/c1-15(32)23(27(38)39)31-26(37)22(14-17-6-10-19(34)11-7-17)30-25(36)21(13-16-4-8-18(33)9-5-16)29-24(35)20-3-2-12-28-20/h4-11,15,20-23,28,32-34H,2-3,12-14H2,1H3,(H,29,35)(H,30,36)(H,31,37)(H,38,39). The Bertz CT molecular complexity index is 1150. The maximum atomic E-state index is 13.5. The molecule has 3 amide bonds. The highest BCUT2D eigenvalue weighted by molar-refractivity contribution is 5.94. The van der Waals surface area contributed by atoms with Crippen LogP contribution < -0.4 is 21.3 Å². The van der Waals surface area contributed by atoms with E-state index < -0.39 is 48.1 Å². The van der Waals surface area contributed by atoms with Gasteiger partial charge in [0.15, 0.2) is 6.04 Å². The first-order chi connectivity index (χ1) is 18.5. The zero-order valence-corrected chi connectivity index (χ0v) is 21.5. The monoisotopic (exact) mass is 542 g/mol. The number of benzene rings is 2. The van der Waals surface area contributed by atoms with Crippen molar-refractivity contribution in [1.29, 1.82) is 0 Å². The van der Waals surface area contributed by atoms with E-state index in [4.69, 9.17) is 0 Å². The van der Waals surface area contributed by atoms with Crippen molar-refractivity contribution in [3.05, 3.63) is 59.7 Å². The molecule has 5 atom stereocenters. The van der Waals surface area contributed by atoms with Gasteiger partial charge in [-0.05, 0) is 61.7 Å². The number of phenols is 2. The van der Waals surface area contributed by atoms with Gasteiger partial charge in [0, 0.05) is 12.8 Å². The molecule has 12 nitrogen and oxygen atoms in total. The Kier molecular flexibility index (Phi) is 10.2. The second-order valence-corrected chi connectivity index (χ2v) is 9.58. The third-order valence-corrected chi connectivity index (χ3v) is 6.44. The number of aromatic hydroxyl groups is 2. The summed E-state index contributed by atoms with van der Waals surface area (Å²) in [5.41, 5.74) is 1.21. The summed E-state index contributed by atoms with van der Waals surface area (Å²) in [6, 6.07) is 7.59. The number of carboxylic acids is 1. The molecule has 0 aliphatic carbocycles. The van der Waals surface area contributed by atoms with E-state index in [1.807, 2.05) is 0 Å². The van der Waals surface area contributed by atoms with E-state index in [0.717, 1.165) is 6.42 Å². The molecule has 39 heavy (non-hydrogen) atoms. The number of phenolic OH excluding ortho intramolecular Hbond substituents is 2. The van der Waals surface area contributed by atoms with E-state index in [9.17, 15) is 39.6 Å². The van der Waals surface area contributed by atoms with Gasteiger partial charge in [-0.3, -0.25) is 14.4 Å². The molecule has 2 aromatic carbocycles. The lowest BCUT2D eigenvalue weighted by atomic mass is 10.0. The molecule has 3 rings (SSSR count). The van der Waals surface area contributed by atoms with E-state index >= 15 is 0 Å². The van der Waals surface area contributed by atoms with Gasteiger partial charge in [-0.1, -0.05) is 24.3 Å². The molecule has 210 valence electrons. The van der Waals surface area contributed by atoms with Gasteiger partial charge in [-0.2, -0.15) is 0 Å². The second kappa shape index (κ2) is 13.6. The molecule has 8 N–H and O–H groups in total. The van der Waals surface area contributed by atoms with Crippen molar-refractivity contribution in [3.8, 4) is 11.5 Å². The third kappa shape index (κ3) is 8.69. The molecule has 0 saturated carbocycles. The molecular formula is C27H34N4O8. The Morgan fingerprint density at radius 2 is 1.33 bits per heavy atom. The number of aliphatic hydroxyl groups excluding tert-OH is 1. The number of carboxylic acid groups (broad SMARTS) is 1. The number of hydrogen-bond donors (Lipinski definition) is 8. The van der Waals surface area contributed by atoms with Crippen LogP contribution in [0.15, 0.2) is 48.5 Å². The molecule has 1 saturated heterocycles. The minimum atomic E-state index is -1.61. The Morgan fingerprint density at radius 3 is 1.77 bits per heavy atom. The molecule has 0 aromatic heterocycles. The molecule has 12 heteroatoms. The summed E-state index contributed by atoms with van der Waals surface area (Å²) < 4.78 is 0. The largest absolute Gasteiger partial charge is 0.508 e. The summed E-state index contributed by atoms with van der Waals surface area (Å²) in [6.45, 7) is 1.89. The van der Waals surface area contributed by atoms with E-state index in [1.54, 1.807) is 24.3 Å². The average Bonchev–Trinajstić information content (AvgIpc) is 3.43. The first-order valence-corrected chi connectivity index (χ1v) is 12.6. The predicted molar refractivity (Wildman–Crippen MR) is 140 cm³/mol. The number of carbonyl (C=O) groups is 4. The van der Waals surface area contributed by atoms with Crippen molar-refractivity contribution < 1.29 is 39.6 Å². The molecule has 1 aliphatic rings. The number of rotatable bonds is 12. The van der Waals surface area contributed by atoms with E-state index in [0.29, 0.717) is 24.1 Å². The summed E-state index contributed by atoms with van der Waals surface area (Å²) in [7, 11) is 0. The van der Waals surface area contributed by atoms with Crippen LogP contribution in [-0.4, -0.2) is 80.9 Å². The van der Waals surface area contributed by atoms with Crippen LogP contribution in [0.5, 0.6) is 11.5 Å². The number of nitrogens with one attached hydrogen (secondary N) is 4. The van der Waals surface area contributed by atoms with E-state index in [1.165, 1.54) is 31.2 Å². The van der Waals surface area contributed by atoms with Crippen LogP contribution in [0.25, 0.3) is 0 Å². The van der Waals surface area contributed by atoms with Crippen LogP contribution in [0, 0.1) is 0 Å². The van der Waals surface area contributed by atoms with E-state index in [-0.39, 0.29) is 30.2 Å². The minimum absolute atomic E-state index is 0.000954. The van der Waals surface area contributed by atoms with Gasteiger partial charge in [0.2, 0.25) is 17.7 Å². The van der Waals surface area contributed by atoms with Crippen LogP contribution in [0.2, 0.25) is 0 Å². The van der Waals surface area contributed by atoms with Crippen LogP contribution in [0.4, 0.5) is 0 Å². The molecule has 1 fully saturated rings. The summed E-state index contributed by atoms with van der Waals surface area (Å²) >= 11 is 0. The predicted octanol–water partition coefficient (Wildman–Crippen LogP) is -0.445. The number of amides is 3. The zero-order valence-electron chi connectivity index (χ0n) is 21.5. The van der Waals surface area contributed by atoms with Gasteiger partial charge >= 0.3 is 5.97 Å². The van der Waals surface area contributed by atoms with Crippen molar-refractivity contribution in [1.82, 2.24) is 21.3 Å². The highest BCUT2D eigenvalue weighted by atomic mass is 16.4. The molecule has 1 aliphatic heterocycles. The quantitative estimate of drug-likeness (QED) is 0.175. The summed E-state index contributed by atoms with van der Waals surface area (Å²) in [6.07, 6.45) is 0.0196. The molecule has 0 radical (unpaired) electrons. The Morgan fingerprint density at radius 1 is 0.846 bits per heavy atom. The summed E-state index contributed by atoms with van der Waals surface area (Å²) in [4.78, 5) is 51.0. The van der Waals surface area contributed by atoms with Crippen LogP contribution in [0.1, 0.15) is 30.9 Å². The number of hydrogen-bond acceptors (Lipinski definition) is 8. The Balaban J connectivity index is 1.84. The number of aliphatic carboxylic acids is 1. The lowest BCUT2D eigenvalue weighted by Gasteiger charge is -2.26. The number of aliphatic hydroxyl groups is 1. The van der Waals surface area contributed by atoms with Gasteiger partial charge in [0.05, 0.1) is 12.1 Å². The smallest absolute Gasteiger partial charge is 0.328 e. The maximum Gasteiger partial charge on any atom is 0.328 e. The highest BCUT2D eigenvalue weighted by Gasteiger charge is 2.33. The van der Waals surface area contributed by atoms with Gasteiger partial charge in [-0.25, -0.2) is 4.79 Å². The Hall–Kier alpha value is -4.16. The average molecular weight is 543 g/mol. The summed E-state index contributed by atoms with van der Waals surface area (Å²) in [5, 5.41) is 49.1. The topological polar surface area (TPSA) is 197 Å². The normalized spacial score (nSPS) is 17.8. The van der Waals surface area contributed by atoms with Gasteiger partial charge in [0.25, 0.3) is 0 Å². The zero-order chi connectivity index (χ0) is 28.5. The fraction of sp³-hybridized carbons (Fsp3) is 0.407. The molecule has 2 aromatic rings. The third-order valence-electron chi connectivity index (χ3n) is 6.44. The van der Waals surface area contributed by atoms with Crippen molar-refractivity contribution >= 4 is 23.7 Å². The lowest BCUT2D eigenvalue weighted by molar-refractivity contribution is -0.145. The Labute approximate surface area is 225 Å². The molecular weight excluding hydrogens is 508 g/mol. The minimum Gasteiger partial charge on any atom is -0.508 e. The highest BCUT2D eigenvalue weighted by Crippen LogP contribution is 2.14. The van der Waals surface area contributed by atoms with Crippen LogP contribution in [0.3, 0.4) is 0 Å². The fourth-order valence-corrected chi connectivity index (χ4v) is 4.25. The van der Waals surface area contributed by atoms with Crippen molar-refractivity contribution in [3.63, 3.8) is 0 Å². The summed E-state index contributed by atoms with van der Waals surface area (Å²) in [5.74, 6) is -3.31. The van der Waals surface area contributed by atoms with Crippen LogP contribution >= 0.6 is 0 Å². The SMILES string of the molecule is CC(O)C(NC(=O)C(Cc1ccc(O)cc1)NC(=O)C(Cc1ccc(O)cc1)NC(=O)C1CCCN1)C(=O)O.